The fourth-order valence-electron chi connectivity index (χ4n) is 1.95. The van der Waals surface area contributed by atoms with Crippen LogP contribution in [0.15, 0.2) is 0 Å². The van der Waals surface area contributed by atoms with Gasteiger partial charge in [0.2, 0.25) is 0 Å². The van der Waals surface area contributed by atoms with Crippen molar-refractivity contribution in [1.82, 2.24) is 0 Å². The van der Waals surface area contributed by atoms with Gasteiger partial charge in [-0.2, -0.15) is 0 Å². The second-order valence-electron chi connectivity index (χ2n) is 7.06. The summed E-state index contributed by atoms with van der Waals surface area (Å²) in [4.78, 5) is 0. The monoisotopic (exact) mass is 576 g/mol. The van der Waals surface area contributed by atoms with E-state index in [0.29, 0.717) is 0 Å². The summed E-state index contributed by atoms with van der Waals surface area (Å²) in [6, 6.07) is 0. The second kappa shape index (κ2) is 5.81. The van der Waals surface area contributed by atoms with Crippen LogP contribution in [0.3, 0.4) is 0 Å². The van der Waals surface area contributed by atoms with Crippen molar-refractivity contribution in [3.8, 4) is 0 Å². The Hall–Kier alpha value is -0.252. The summed E-state index contributed by atoms with van der Waals surface area (Å²) in [5.41, 5.74) is 0. The Balaban J connectivity index is 0. The molecule has 1 unspecified atom stereocenters. The standard InChI is InChI=1S/C10H29O3Si4.Rf/c1-14(2,3)11-16(7,8)13-17(9,10)12-15(4,5)6;/h7H2,1-6,8-10H3;/q-1;. The summed E-state index contributed by atoms with van der Waals surface area (Å²) >= 11 is 0. The van der Waals surface area contributed by atoms with Crippen LogP contribution in [0.4, 0.5) is 0 Å². The summed E-state index contributed by atoms with van der Waals surface area (Å²) in [5.74, 6) is 0. The van der Waals surface area contributed by atoms with Gasteiger partial charge in [-0.3, -0.25) is 6.55 Å². The summed E-state index contributed by atoms with van der Waals surface area (Å²) in [6.07, 6.45) is 0. The largest absolute Gasteiger partial charge is 0.457 e. The first-order chi connectivity index (χ1) is 7.12. The van der Waals surface area contributed by atoms with Crippen LogP contribution < -0.4 is 0 Å². The average molecular weight is 577 g/mol. The second-order valence-corrected chi connectivity index (χ2v) is 23.0. The molecule has 0 radical (unpaired) electrons. The molecule has 0 bridgehead atoms. The van der Waals surface area contributed by atoms with E-state index in [1.165, 1.54) is 0 Å². The molecule has 8 heteroatoms. The van der Waals surface area contributed by atoms with E-state index in [4.69, 9.17) is 12.3 Å². The topological polar surface area (TPSA) is 27.7 Å². The van der Waals surface area contributed by atoms with Crippen LogP contribution in [-0.2, 0) is 12.3 Å². The third-order valence-corrected chi connectivity index (χ3v) is 13.8. The molecule has 0 aliphatic carbocycles. The Bertz CT molecular complexity index is 233. The molecule has 0 N–H and O–H groups in total. The first-order valence-corrected chi connectivity index (χ1v) is 18.2. The molecule has 0 aromatic carbocycles. The van der Waals surface area contributed by atoms with Crippen LogP contribution >= 0.6 is 0 Å². The third-order valence-electron chi connectivity index (χ3n) is 1.54. The smallest absolute Gasteiger partial charge is 0.311 e. The van der Waals surface area contributed by atoms with Crippen LogP contribution in [0.5, 0.6) is 0 Å². The maximum atomic E-state index is 6.17. The van der Waals surface area contributed by atoms with Crippen LogP contribution in [-0.4, -0.2) is 33.8 Å². The minimum absolute atomic E-state index is 0. The summed E-state index contributed by atoms with van der Waals surface area (Å²) in [7, 11) is -7.58. The van der Waals surface area contributed by atoms with Crippen molar-refractivity contribution in [2.24, 2.45) is 0 Å². The molecule has 0 aromatic heterocycles. The van der Waals surface area contributed by atoms with Crippen molar-refractivity contribution in [3.05, 3.63) is 6.55 Å². The van der Waals surface area contributed by atoms with Gasteiger partial charge in [0, 0.05) is 0 Å². The zero-order chi connectivity index (χ0) is 14.1. The van der Waals surface area contributed by atoms with Crippen molar-refractivity contribution in [2.45, 2.75) is 58.9 Å². The SMILES string of the molecule is [CH2-][Si](C)(O[Si](C)(C)C)O[Si](C)(C)O[Si](C)(C)C.[Rf]. The zero-order valence-electron chi connectivity index (χ0n) is 13.6. The van der Waals surface area contributed by atoms with Crippen LogP contribution in [0, 0.1) is 6.55 Å². The molecule has 0 amide bonds. The van der Waals surface area contributed by atoms with Gasteiger partial charge in [0.15, 0.2) is 16.6 Å². The fraction of sp³-hybridized carbons (Fsp3) is 0.900. The maximum absolute atomic E-state index is 6.17. The molecule has 0 rings (SSSR count). The molecule has 1 atom stereocenters. The molecule has 3 nitrogen and oxygen atoms in total. The van der Waals surface area contributed by atoms with Gasteiger partial charge in [-0.1, -0.05) is 0 Å². The summed E-state index contributed by atoms with van der Waals surface area (Å²) < 4.78 is 18.4. The van der Waals surface area contributed by atoms with Gasteiger partial charge >= 0.3 is 8.56 Å². The predicted molar refractivity (Wildman–Crippen MR) is 84.4 cm³/mol. The quantitative estimate of drug-likeness (QED) is 0.355. The molecule has 106 valence electrons. The van der Waals surface area contributed by atoms with Crippen molar-refractivity contribution in [3.63, 3.8) is 0 Å². The van der Waals surface area contributed by atoms with Crippen molar-refractivity contribution < 1.29 is 12.3 Å². The van der Waals surface area contributed by atoms with Gasteiger partial charge in [0.25, 0.3) is 0 Å². The number of rotatable bonds is 6. The Morgan fingerprint density at radius 3 is 1.22 bits per heavy atom. The molecule has 0 spiro atoms. The molecule has 0 aliphatic rings. The van der Waals surface area contributed by atoms with E-state index < -0.39 is 33.8 Å². The molecule has 0 saturated carbocycles. The van der Waals surface area contributed by atoms with E-state index in [1.54, 1.807) is 0 Å². The van der Waals surface area contributed by atoms with E-state index in [1.807, 2.05) is 6.55 Å². The van der Waals surface area contributed by atoms with Gasteiger partial charge in [0.1, 0.15) is 8.56 Å². The average Bonchev–Trinajstić information content (AvgIpc) is 1.65. The van der Waals surface area contributed by atoms with Gasteiger partial charge in [-0.05, 0) is 58.9 Å². The minimum atomic E-state index is -2.30. The van der Waals surface area contributed by atoms with Crippen molar-refractivity contribution in [1.29, 1.82) is 0 Å². The third kappa shape index (κ3) is 10.9. The Kier molecular flexibility index (Phi) is 6.47. The van der Waals surface area contributed by atoms with E-state index in [2.05, 4.69) is 58.9 Å². The first-order valence-electron chi connectivity index (χ1n) is 6.08. The van der Waals surface area contributed by atoms with Crippen LogP contribution in [0.2, 0.25) is 58.9 Å². The molecule has 0 aromatic rings. The molecule has 0 heterocycles. The van der Waals surface area contributed by atoms with Crippen LogP contribution in [0.1, 0.15) is 0 Å². The Morgan fingerprint density at radius 1 is 0.611 bits per heavy atom. The maximum Gasteiger partial charge on any atom is 0.311 e. The number of hydrogen-bond acceptors (Lipinski definition) is 3. The van der Waals surface area contributed by atoms with Crippen LogP contribution in [0.25, 0.3) is 0 Å². The fourth-order valence-corrected chi connectivity index (χ4v) is 18.3. The molecule has 18 heavy (non-hydrogen) atoms. The molecular formula is C10H29O3RfSi4-. The Morgan fingerprint density at radius 2 is 0.944 bits per heavy atom. The Labute approximate surface area is 112 Å². The zero-order valence-corrected chi connectivity index (χ0v) is 24.0. The van der Waals surface area contributed by atoms with E-state index in [-0.39, 0.29) is 0 Å². The first kappa shape index (κ1) is 20.1. The molecule has 0 aliphatic heterocycles. The summed E-state index contributed by atoms with van der Waals surface area (Å²) in [6.45, 7) is 23.4. The summed E-state index contributed by atoms with van der Waals surface area (Å²) in [5, 5.41) is 0. The van der Waals surface area contributed by atoms with Gasteiger partial charge in [-0.25, -0.2) is 0 Å². The van der Waals surface area contributed by atoms with Gasteiger partial charge in [-0.15, -0.1) is 0 Å². The van der Waals surface area contributed by atoms with Gasteiger partial charge < -0.3 is 12.3 Å². The molecular weight excluding hydrogens is 547 g/mol. The van der Waals surface area contributed by atoms with E-state index in [0.717, 1.165) is 0 Å². The van der Waals surface area contributed by atoms with E-state index >= 15 is 0 Å². The van der Waals surface area contributed by atoms with E-state index in [9.17, 15) is 0 Å². The predicted octanol–water partition coefficient (Wildman–Crippen LogP) is 3.85. The molecule has 0 fully saturated rings. The van der Waals surface area contributed by atoms with Gasteiger partial charge in [0.05, 0.1) is 0 Å². The normalized spacial score (nSPS) is 17.0. The number of hydrogen-bond donors (Lipinski definition) is 0. The minimum Gasteiger partial charge on any atom is -0.457 e. The van der Waals surface area contributed by atoms with Crippen molar-refractivity contribution in [2.75, 3.05) is 0 Å². The van der Waals surface area contributed by atoms with Crippen molar-refractivity contribution >= 4 is 33.8 Å². The molecule has 0 saturated heterocycles.